The molecule has 184 valence electrons. The largest absolute Gasteiger partial charge is 0.472 e. The Labute approximate surface area is 207 Å². The second kappa shape index (κ2) is 10.3. The first-order valence-electron chi connectivity index (χ1n) is 12.0. The van der Waals surface area contributed by atoms with Crippen LogP contribution in [0.2, 0.25) is 25.7 Å². The summed E-state index contributed by atoms with van der Waals surface area (Å²) in [5.74, 6) is 0.632. The molecule has 0 radical (unpaired) electrons. The van der Waals surface area contributed by atoms with Gasteiger partial charge in [-0.2, -0.15) is 0 Å². The monoisotopic (exact) mass is 490 g/mol. The maximum absolute atomic E-state index is 12.2. The summed E-state index contributed by atoms with van der Waals surface area (Å²) in [4.78, 5) is 26.1. The zero-order chi connectivity index (χ0) is 25.2. The van der Waals surface area contributed by atoms with E-state index in [2.05, 4.69) is 41.2 Å². The van der Waals surface area contributed by atoms with E-state index in [0.29, 0.717) is 31.2 Å². The number of benzene rings is 1. The van der Waals surface area contributed by atoms with Crippen LogP contribution < -0.4 is 0 Å². The van der Waals surface area contributed by atoms with Gasteiger partial charge >= 0.3 is 0 Å². The molecule has 3 aromatic rings. The van der Waals surface area contributed by atoms with Crippen molar-refractivity contribution < 1.29 is 14.3 Å². The number of hydrogen-bond donors (Lipinski definition) is 0. The molecule has 0 fully saturated rings. The molecule has 3 heterocycles. The van der Waals surface area contributed by atoms with Crippen LogP contribution in [0.5, 0.6) is 0 Å². The lowest BCUT2D eigenvalue weighted by Gasteiger charge is -2.15. The van der Waals surface area contributed by atoms with Gasteiger partial charge in [0.05, 0.1) is 23.2 Å². The number of ether oxygens (including phenoxy) is 2. The summed E-state index contributed by atoms with van der Waals surface area (Å²) in [7, 11) is -1.18. The average molecular weight is 491 g/mol. The third-order valence-corrected chi connectivity index (χ3v) is 7.66. The number of aromatic nitrogens is 3. The van der Waals surface area contributed by atoms with Crippen molar-refractivity contribution >= 4 is 30.8 Å². The molecule has 0 bridgehead atoms. The number of hydrogen-bond acceptors (Lipinski definition) is 6. The molecule has 8 heteroatoms. The molecule has 1 aromatic carbocycles. The second-order valence-corrected chi connectivity index (χ2v) is 16.1. The van der Waals surface area contributed by atoms with Gasteiger partial charge in [-0.05, 0) is 37.1 Å². The van der Waals surface area contributed by atoms with E-state index in [1.165, 1.54) is 0 Å². The van der Waals surface area contributed by atoms with Crippen LogP contribution in [-0.2, 0) is 27.4 Å². The summed E-state index contributed by atoms with van der Waals surface area (Å²) >= 11 is 0. The Morgan fingerprint density at radius 2 is 2.09 bits per heavy atom. The number of carbonyl (C=O) groups is 1. The summed E-state index contributed by atoms with van der Waals surface area (Å²) in [6.45, 7) is 16.3. The van der Waals surface area contributed by atoms with Crippen molar-refractivity contribution in [3.05, 3.63) is 60.1 Å². The first-order chi connectivity index (χ1) is 16.6. The van der Waals surface area contributed by atoms with Crippen LogP contribution in [0.1, 0.15) is 25.0 Å². The van der Waals surface area contributed by atoms with Crippen LogP contribution in [-0.4, -0.2) is 53.5 Å². The Balaban J connectivity index is 1.74. The number of ketones is 1. The Morgan fingerprint density at radius 1 is 1.29 bits per heavy atom. The molecule has 4 rings (SSSR count). The number of rotatable bonds is 10. The molecule has 0 amide bonds. The molecule has 0 aliphatic carbocycles. The van der Waals surface area contributed by atoms with Gasteiger partial charge in [0, 0.05) is 32.9 Å². The Kier molecular flexibility index (Phi) is 7.33. The quantitative estimate of drug-likeness (QED) is 0.220. The van der Waals surface area contributed by atoms with Gasteiger partial charge in [0.1, 0.15) is 24.8 Å². The van der Waals surface area contributed by atoms with Crippen molar-refractivity contribution in [2.45, 2.75) is 58.8 Å². The molecule has 1 unspecified atom stereocenters. The van der Waals surface area contributed by atoms with Crippen LogP contribution in [0.25, 0.3) is 22.3 Å². The van der Waals surface area contributed by atoms with Crippen molar-refractivity contribution in [1.29, 1.82) is 0 Å². The van der Waals surface area contributed by atoms with Crippen molar-refractivity contribution in [3.8, 4) is 11.3 Å². The average Bonchev–Trinajstić information content (AvgIpc) is 3.39. The Morgan fingerprint density at radius 3 is 2.77 bits per heavy atom. The lowest BCUT2D eigenvalue weighted by molar-refractivity contribution is -0.114. The van der Waals surface area contributed by atoms with E-state index in [4.69, 9.17) is 9.47 Å². The van der Waals surface area contributed by atoms with Crippen LogP contribution in [0.15, 0.2) is 53.9 Å². The number of fused-ring (bicyclic) bond motifs is 1. The highest BCUT2D eigenvalue weighted by atomic mass is 28.3. The molecule has 0 saturated heterocycles. The summed E-state index contributed by atoms with van der Waals surface area (Å²) in [5, 5.41) is 0.873. The summed E-state index contributed by atoms with van der Waals surface area (Å²) in [6.07, 6.45) is 3.92. The number of carbonyl (C=O) groups excluding carboxylic acids is 1. The van der Waals surface area contributed by atoms with Crippen LogP contribution in [0.4, 0.5) is 0 Å². The van der Waals surface area contributed by atoms with Gasteiger partial charge in [0.2, 0.25) is 5.90 Å². The first kappa shape index (κ1) is 25.0. The van der Waals surface area contributed by atoms with Gasteiger partial charge in [0.15, 0.2) is 5.78 Å². The van der Waals surface area contributed by atoms with Crippen molar-refractivity contribution in [2.75, 3.05) is 13.2 Å². The minimum Gasteiger partial charge on any atom is -0.472 e. The molecule has 7 nitrogen and oxygen atoms in total. The number of Topliss-reactive ketones (excluding diaryl/α,β-unsaturated/α-hetero) is 1. The molecular formula is C27H34N4O3Si. The van der Waals surface area contributed by atoms with E-state index in [-0.39, 0.29) is 11.9 Å². The van der Waals surface area contributed by atoms with E-state index in [1.54, 1.807) is 13.3 Å². The summed E-state index contributed by atoms with van der Waals surface area (Å²) in [5.41, 5.74) is 4.79. The van der Waals surface area contributed by atoms with Gasteiger partial charge in [-0.1, -0.05) is 44.4 Å². The standard InChI is InChI=1S/C27H34N4O3Si/c1-18(2)23(32)13-20-8-7-9-21(12-20)25-24-22(27-28-14-19(3)34-27)15-31(26(24)30-16-29-25)17-33-10-11-35(4,5)6/h7-9,12,15-16,19H,1,10-11,13-14,17H2,2-6H3. The molecule has 1 atom stereocenters. The van der Waals surface area contributed by atoms with Gasteiger partial charge in [-0.3, -0.25) is 4.79 Å². The molecule has 2 aromatic heterocycles. The number of allylic oxidation sites excluding steroid dienone is 1. The minimum absolute atomic E-state index is 0.0278. The molecular weight excluding hydrogens is 456 g/mol. The predicted octanol–water partition coefficient (Wildman–Crippen LogP) is 5.26. The third kappa shape index (κ3) is 5.94. The van der Waals surface area contributed by atoms with Crippen LogP contribution >= 0.6 is 0 Å². The van der Waals surface area contributed by atoms with Crippen molar-refractivity contribution in [3.63, 3.8) is 0 Å². The van der Waals surface area contributed by atoms with E-state index < -0.39 is 8.07 Å². The maximum atomic E-state index is 12.2. The molecule has 0 saturated carbocycles. The molecule has 0 spiro atoms. The summed E-state index contributed by atoms with van der Waals surface area (Å²) in [6, 6.07) is 9.01. The zero-order valence-corrected chi connectivity index (χ0v) is 22.3. The fraction of sp³-hybridized carbons (Fsp3) is 0.407. The van der Waals surface area contributed by atoms with Gasteiger partial charge in [0.25, 0.3) is 0 Å². The van der Waals surface area contributed by atoms with E-state index >= 15 is 0 Å². The van der Waals surface area contributed by atoms with Gasteiger partial charge in [-0.25, -0.2) is 15.0 Å². The SMILES string of the molecule is C=C(C)C(=O)Cc1cccc(-c2ncnc3c2c(C2=NCC(C)O2)cn3COCC[Si](C)(C)C)c1. The number of nitrogens with zero attached hydrogens (tertiary/aromatic N) is 4. The molecule has 35 heavy (non-hydrogen) atoms. The third-order valence-electron chi connectivity index (χ3n) is 5.96. The summed E-state index contributed by atoms with van der Waals surface area (Å²) < 4.78 is 14.1. The maximum Gasteiger partial charge on any atom is 0.218 e. The van der Waals surface area contributed by atoms with E-state index in [9.17, 15) is 4.79 Å². The highest BCUT2D eigenvalue weighted by Gasteiger charge is 2.25. The highest BCUT2D eigenvalue weighted by Crippen LogP contribution is 2.32. The van der Waals surface area contributed by atoms with Crippen LogP contribution in [0, 0.1) is 0 Å². The topological polar surface area (TPSA) is 78.6 Å². The van der Waals surface area contributed by atoms with E-state index in [1.807, 2.05) is 42.0 Å². The highest BCUT2D eigenvalue weighted by molar-refractivity contribution is 6.76. The molecule has 1 aliphatic rings. The van der Waals surface area contributed by atoms with Crippen LogP contribution in [0.3, 0.4) is 0 Å². The van der Waals surface area contributed by atoms with E-state index in [0.717, 1.165) is 46.1 Å². The Hall–Kier alpha value is -3.10. The molecule has 1 aliphatic heterocycles. The fourth-order valence-electron chi connectivity index (χ4n) is 3.93. The zero-order valence-electron chi connectivity index (χ0n) is 21.3. The van der Waals surface area contributed by atoms with Crippen molar-refractivity contribution in [1.82, 2.24) is 14.5 Å². The second-order valence-electron chi connectivity index (χ2n) is 10.4. The molecule has 0 N–H and O–H groups in total. The van der Waals surface area contributed by atoms with Crippen molar-refractivity contribution in [2.24, 2.45) is 4.99 Å². The Bertz CT molecular complexity index is 1290. The predicted molar refractivity (Wildman–Crippen MR) is 143 cm³/mol. The lowest BCUT2D eigenvalue weighted by atomic mass is 10.00. The normalized spacial score (nSPS) is 15.8. The fourth-order valence-corrected chi connectivity index (χ4v) is 4.69. The lowest BCUT2D eigenvalue weighted by Crippen LogP contribution is -2.22. The minimum atomic E-state index is -1.18. The smallest absolute Gasteiger partial charge is 0.218 e. The first-order valence-corrected chi connectivity index (χ1v) is 15.7. The number of aliphatic imine (C=N–C) groups is 1. The van der Waals surface area contributed by atoms with Gasteiger partial charge in [-0.15, -0.1) is 0 Å². The van der Waals surface area contributed by atoms with Gasteiger partial charge < -0.3 is 14.0 Å².